The van der Waals surface area contributed by atoms with Gasteiger partial charge < -0.3 is 24.6 Å². The summed E-state index contributed by atoms with van der Waals surface area (Å²) in [4.78, 5) is 62.2. The molecule has 3 aliphatic heterocycles. The maximum absolute atomic E-state index is 16.0. The summed E-state index contributed by atoms with van der Waals surface area (Å²) in [6, 6.07) is 21.7. The molecule has 0 spiro atoms. The van der Waals surface area contributed by atoms with Gasteiger partial charge in [-0.25, -0.2) is 19.2 Å². The number of amides is 4. The lowest BCUT2D eigenvalue weighted by atomic mass is 9.95. The van der Waals surface area contributed by atoms with E-state index in [-0.39, 0.29) is 29.7 Å². The number of aromatic amines is 1. The number of piperidine rings is 1. The van der Waals surface area contributed by atoms with Crippen LogP contribution in [-0.2, 0) is 16.8 Å². The van der Waals surface area contributed by atoms with Crippen molar-refractivity contribution in [2.24, 2.45) is 5.92 Å². The summed E-state index contributed by atoms with van der Waals surface area (Å²) in [6.45, 7) is 15.0. The average Bonchev–Trinajstić information content (AvgIpc) is 3.97. The third-order valence-corrected chi connectivity index (χ3v) is 12.5. The minimum Gasteiger partial charge on any atom is -0.372 e. The molecule has 0 atom stereocenters. The Hall–Kier alpha value is -6.68. The molecule has 3 aliphatic rings. The second-order valence-corrected chi connectivity index (χ2v) is 17.8. The molecule has 0 bridgehead atoms. The topological polar surface area (TPSA) is 169 Å². The van der Waals surface area contributed by atoms with Crippen LogP contribution in [0.25, 0.3) is 33.5 Å². The Morgan fingerprint density at radius 2 is 1.56 bits per heavy atom. The Bertz CT molecular complexity index is 2640. The van der Waals surface area contributed by atoms with Crippen molar-refractivity contribution in [1.82, 2.24) is 40.6 Å². The van der Waals surface area contributed by atoms with Crippen molar-refractivity contribution in [1.29, 1.82) is 0 Å². The van der Waals surface area contributed by atoms with Gasteiger partial charge >= 0.3 is 6.03 Å². The normalized spacial score (nSPS) is 16.8. The summed E-state index contributed by atoms with van der Waals surface area (Å²) in [5.41, 5.74) is 7.10. The molecule has 15 nitrogen and oxygen atoms in total. The first kappa shape index (κ1) is 41.7. The number of carbonyl (C=O) groups is 3. The van der Waals surface area contributed by atoms with E-state index in [1.165, 1.54) is 17.7 Å². The highest BCUT2D eigenvalue weighted by atomic mass is 19.1. The number of piperazine rings is 1. The molecule has 9 rings (SSSR count). The predicted molar refractivity (Wildman–Crippen MR) is 239 cm³/mol. The third-order valence-electron chi connectivity index (χ3n) is 12.5. The number of hydrogen-bond donors (Lipinski definition) is 3. The van der Waals surface area contributed by atoms with Crippen LogP contribution >= 0.6 is 0 Å². The summed E-state index contributed by atoms with van der Waals surface area (Å²) in [6.07, 6.45) is 4.05. The fourth-order valence-electron chi connectivity index (χ4n) is 8.72. The van der Waals surface area contributed by atoms with Gasteiger partial charge in [0.05, 0.1) is 5.69 Å². The SMILES string of the molecule is Cc1c(CNC(=O)c2noc(C(C)(C)C)n2)ccc(-c2ncnc3[nH]c(-c4ccc(N5CCN(CC6CCN(c7ccc(N8CCC(=O)NC8=O)cc7)CC6)CC5)cc4)cc23)c1F. The highest BCUT2D eigenvalue weighted by Crippen LogP contribution is 2.34. The highest BCUT2D eigenvalue weighted by molar-refractivity contribution is 6.05. The molecule has 6 heterocycles. The van der Waals surface area contributed by atoms with Gasteiger partial charge in [0.25, 0.3) is 11.7 Å². The molecule has 3 aromatic heterocycles. The Balaban J connectivity index is 0.771. The molecule has 6 aromatic rings. The molecular weight excluding hydrogens is 802 g/mol. The zero-order valence-electron chi connectivity index (χ0n) is 36.1. The van der Waals surface area contributed by atoms with Crippen LogP contribution in [0.15, 0.2) is 77.6 Å². The maximum Gasteiger partial charge on any atom is 0.328 e. The van der Waals surface area contributed by atoms with E-state index in [2.05, 4.69) is 86.8 Å². The summed E-state index contributed by atoms with van der Waals surface area (Å²) >= 11 is 0. The van der Waals surface area contributed by atoms with Gasteiger partial charge in [-0.15, -0.1) is 0 Å². The average molecular weight is 854 g/mol. The summed E-state index contributed by atoms with van der Waals surface area (Å²) in [5.74, 6) is -0.183. The van der Waals surface area contributed by atoms with Crippen molar-refractivity contribution in [3.05, 3.63) is 102 Å². The van der Waals surface area contributed by atoms with Crippen molar-refractivity contribution >= 4 is 45.9 Å². The summed E-state index contributed by atoms with van der Waals surface area (Å²) in [5, 5.41) is 9.68. The predicted octanol–water partition coefficient (Wildman–Crippen LogP) is 6.83. The number of nitrogens with one attached hydrogen (secondary N) is 3. The molecule has 0 radical (unpaired) electrons. The van der Waals surface area contributed by atoms with E-state index in [1.807, 2.05) is 39.0 Å². The van der Waals surface area contributed by atoms with Crippen LogP contribution in [0.1, 0.15) is 67.7 Å². The number of fused-ring (bicyclic) bond motifs is 1. The molecule has 3 aromatic carbocycles. The molecule has 63 heavy (non-hydrogen) atoms. The smallest absolute Gasteiger partial charge is 0.328 e. The van der Waals surface area contributed by atoms with E-state index in [0.717, 1.165) is 75.6 Å². The summed E-state index contributed by atoms with van der Waals surface area (Å²) in [7, 11) is 0. The molecule has 4 amide bonds. The van der Waals surface area contributed by atoms with Crippen LogP contribution in [0.4, 0.5) is 26.2 Å². The fourth-order valence-corrected chi connectivity index (χ4v) is 8.72. The number of anilines is 3. The monoisotopic (exact) mass is 853 g/mol. The van der Waals surface area contributed by atoms with E-state index in [0.29, 0.717) is 58.2 Å². The standard InChI is InChI=1S/C47H52FN11O4/c1-29-32(26-49-44(61)43-54-45(63-55-43)47(2,3)4)7-14-36(40(29)48)41-37-25-38(52-42(37)51-28-50-41)31-5-8-33(9-6-31)58-23-21-56(22-24-58)27-30-15-18-57(19-16-30)34-10-12-35(13-11-34)59-20-17-39(60)53-46(59)62/h5-14,25,28,30H,15-24,26-27H2,1-4H3,(H,49,61)(H,50,51,52)(H,53,60,62). The minimum absolute atomic E-state index is 0.0652. The van der Waals surface area contributed by atoms with Gasteiger partial charge in [0.2, 0.25) is 11.8 Å². The first-order chi connectivity index (χ1) is 30.4. The zero-order valence-corrected chi connectivity index (χ0v) is 36.1. The molecular formula is C47H52FN11O4. The number of urea groups is 1. The number of halogens is 1. The van der Waals surface area contributed by atoms with E-state index < -0.39 is 11.7 Å². The van der Waals surface area contributed by atoms with Crippen LogP contribution in [0.3, 0.4) is 0 Å². The fraction of sp³-hybridized carbons (Fsp3) is 0.383. The maximum atomic E-state index is 16.0. The lowest BCUT2D eigenvalue weighted by Crippen LogP contribution is -2.49. The Labute approximate surface area is 365 Å². The van der Waals surface area contributed by atoms with Crippen molar-refractivity contribution in [2.45, 2.75) is 58.9 Å². The second-order valence-electron chi connectivity index (χ2n) is 17.8. The Morgan fingerprint density at radius 3 is 2.24 bits per heavy atom. The van der Waals surface area contributed by atoms with Crippen LogP contribution in [0.2, 0.25) is 0 Å². The van der Waals surface area contributed by atoms with Crippen molar-refractivity contribution in [3.8, 4) is 22.5 Å². The first-order valence-electron chi connectivity index (χ1n) is 21.7. The largest absolute Gasteiger partial charge is 0.372 e. The van der Waals surface area contributed by atoms with Crippen LogP contribution in [0.5, 0.6) is 0 Å². The number of rotatable bonds is 10. The van der Waals surface area contributed by atoms with Crippen LogP contribution in [-0.4, -0.2) is 100 Å². The second kappa shape index (κ2) is 17.2. The molecule has 0 unspecified atom stereocenters. The number of imide groups is 1. The van der Waals surface area contributed by atoms with E-state index in [4.69, 9.17) is 4.52 Å². The van der Waals surface area contributed by atoms with E-state index >= 15 is 4.39 Å². The van der Waals surface area contributed by atoms with Gasteiger partial charge in [0.1, 0.15) is 17.8 Å². The highest BCUT2D eigenvalue weighted by Gasteiger charge is 2.28. The van der Waals surface area contributed by atoms with Crippen molar-refractivity contribution < 1.29 is 23.3 Å². The van der Waals surface area contributed by atoms with Crippen LogP contribution < -0.4 is 25.3 Å². The number of nitrogens with zero attached hydrogens (tertiary/aromatic N) is 8. The lowest BCUT2D eigenvalue weighted by Gasteiger charge is -2.40. The molecule has 3 N–H and O–H groups in total. The number of benzene rings is 3. The van der Waals surface area contributed by atoms with Gasteiger partial charge in [-0.05, 0) is 90.9 Å². The van der Waals surface area contributed by atoms with Gasteiger partial charge in [-0.1, -0.05) is 44.1 Å². The lowest BCUT2D eigenvalue weighted by molar-refractivity contribution is -0.120. The Kier molecular flexibility index (Phi) is 11.4. The van der Waals surface area contributed by atoms with E-state index in [9.17, 15) is 14.4 Å². The molecule has 3 fully saturated rings. The molecule has 3 saturated heterocycles. The number of H-pyrrole nitrogens is 1. The molecule has 0 aliphatic carbocycles. The van der Waals surface area contributed by atoms with Gasteiger partial charge in [0.15, 0.2) is 0 Å². The molecule has 0 saturated carbocycles. The number of hydrogen-bond acceptors (Lipinski definition) is 11. The van der Waals surface area contributed by atoms with E-state index in [1.54, 1.807) is 24.0 Å². The minimum atomic E-state index is -0.499. The summed E-state index contributed by atoms with van der Waals surface area (Å²) < 4.78 is 21.3. The van der Waals surface area contributed by atoms with Gasteiger partial charge in [0, 0.05) is 104 Å². The molecule has 326 valence electrons. The van der Waals surface area contributed by atoms with Crippen LogP contribution in [0, 0.1) is 18.7 Å². The van der Waals surface area contributed by atoms with Gasteiger partial charge in [-0.3, -0.25) is 24.7 Å². The van der Waals surface area contributed by atoms with Crippen molar-refractivity contribution in [2.75, 3.05) is 67.1 Å². The zero-order chi connectivity index (χ0) is 43.8. The van der Waals surface area contributed by atoms with Crippen molar-refractivity contribution in [3.63, 3.8) is 0 Å². The quantitative estimate of drug-likeness (QED) is 0.132. The first-order valence-corrected chi connectivity index (χ1v) is 21.7. The molecule has 16 heteroatoms. The number of carbonyl (C=O) groups excluding carboxylic acids is 3. The van der Waals surface area contributed by atoms with Gasteiger partial charge in [-0.2, -0.15) is 4.98 Å². The number of aromatic nitrogens is 5. The third kappa shape index (κ3) is 8.85. The Morgan fingerprint density at radius 1 is 0.873 bits per heavy atom.